The van der Waals surface area contributed by atoms with Crippen LogP contribution in [0.25, 0.3) is 0 Å². The highest BCUT2D eigenvalue weighted by Gasteiger charge is 2.41. The highest BCUT2D eigenvalue weighted by Crippen LogP contribution is 2.24. The van der Waals surface area contributed by atoms with Gasteiger partial charge in [-0.05, 0) is 83.1 Å². The van der Waals surface area contributed by atoms with E-state index in [-0.39, 0.29) is 26.2 Å². The Hall–Kier alpha value is -4.24. The van der Waals surface area contributed by atoms with Crippen LogP contribution in [0.2, 0.25) is 10.0 Å². The van der Waals surface area contributed by atoms with Gasteiger partial charge < -0.3 is 18.9 Å². The number of carbonyl (C=O) groups is 6. The summed E-state index contributed by atoms with van der Waals surface area (Å²) in [5, 5.41) is 0.989. The van der Waals surface area contributed by atoms with E-state index in [1.54, 1.807) is 55.5 Å². The largest absolute Gasteiger partial charge is 0.476 e. The molecule has 0 radical (unpaired) electrons. The normalized spacial score (nSPS) is 16.8. The van der Waals surface area contributed by atoms with E-state index in [1.165, 1.54) is 37.5 Å². The third-order valence-electron chi connectivity index (χ3n) is 7.62. The van der Waals surface area contributed by atoms with Crippen molar-refractivity contribution in [3.63, 3.8) is 0 Å². The second-order valence-corrected chi connectivity index (χ2v) is 13.0. The fraction of sp³-hybridized carbons (Fsp3) is 0.438. The van der Waals surface area contributed by atoms with E-state index in [0.29, 0.717) is 21.5 Å². The molecule has 0 unspecified atom stereocenters. The van der Waals surface area contributed by atoms with Crippen molar-refractivity contribution in [3.05, 3.63) is 58.6 Å². The van der Waals surface area contributed by atoms with Gasteiger partial charge in [0.2, 0.25) is 23.6 Å². The molecule has 14 nitrogen and oxygen atoms in total. The van der Waals surface area contributed by atoms with Gasteiger partial charge in [-0.25, -0.2) is 19.4 Å². The van der Waals surface area contributed by atoms with Crippen LogP contribution in [0.3, 0.4) is 0 Å². The second-order valence-electron chi connectivity index (χ2n) is 12.1. The summed E-state index contributed by atoms with van der Waals surface area (Å²) in [4.78, 5) is 81.8. The third kappa shape index (κ3) is 9.01. The molecule has 0 saturated carbocycles. The lowest BCUT2D eigenvalue weighted by Gasteiger charge is -2.42. The summed E-state index contributed by atoms with van der Waals surface area (Å²) in [5.41, 5.74) is -2.87. The smallest absolute Gasteiger partial charge is 0.351 e. The molecular formula is C32H36Cl2N4O10. The number of benzene rings is 2. The Balaban J connectivity index is 1.26. The molecule has 2 aromatic rings. The molecule has 4 amide bonds. The minimum Gasteiger partial charge on any atom is -0.476 e. The molecule has 0 N–H and O–H groups in total. The van der Waals surface area contributed by atoms with E-state index in [2.05, 4.69) is 0 Å². The molecule has 2 fully saturated rings. The average molecular weight is 708 g/mol. The SMILES string of the molecule is CC(N1CC(=O)N(COC(=O)C(C)(C)Oc2ccc(Cl)cc2)C(=O)C1)N1CC(=O)N(COC(=O)C(C)(C)Oc2ccc(Cl)cc2)C(=O)C1. The van der Waals surface area contributed by atoms with Crippen LogP contribution in [-0.2, 0) is 38.2 Å². The predicted molar refractivity (Wildman–Crippen MR) is 171 cm³/mol. The van der Waals surface area contributed by atoms with Gasteiger partial charge in [-0.1, -0.05) is 23.2 Å². The van der Waals surface area contributed by atoms with Crippen molar-refractivity contribution < 1.29 is 47.7 Å². The van der Waals surface area contributed by atoms with E-state index in [1.807, 2.05) is 0 Å². The van der Waals surface area contributed by atoms with Gasteiger partial charge >= 0.3 is 11.9 Å². The van der Waals surface area contributed by atoms with Gasteiger partial charge in [0.25, 0.3) is 0 Å². The summed E-state index contributed by atoms with van der Waals surface area (Å²) in [5.74, 6) is -3.37. The van der Waals surface area contributed by atoms with E-state index in [0.717, 1.165) is 9.80 Å². The van der Waals surface area contributed by atoms with E-state index >= 15 is 0 Å². The van der Waals surface area contributed by atoms with Gasteiger partial charge in [0.05, 0.1) is 32.3 Å². The Bertz CT molecular complexity index is 1410. The zero-order chi connectivity index (χ0) is 35.4. The van der Waals surface area contributed by atoms with Gasteiger partial charge in [0, 0.05) is 10.0 Å². The summed E-state index contributed by atoms with van der Waals surface area (Å²) in [7, 11) is 0. The van der Waals surface area contributed by atoms with E-state index < -0.39 is 66.4 Å². The number of carbonyl (C=O) groups excluding carboxylic acids is 6. The summed E-state index contributed by atoms with van der Waals surface area (Å²) in [6.45, 7) is 5.42. The minimum absolute atomic E-state index is 0.238. The Labute approximate surface area is 287 Å². The first kappa shape index (κ1) is 36.6. The number of esters is 2. The fourth-order valence-corrected chi connectivity index (χ4v) is 5.00. The number of hydrogen-bond acceptors (Lipinski definition) is 12. The molecule has 2 aromatic carbocycles. The molecule has 2 heterocycles. The molecule has 0 aliphatic carbocycles. The Kier molecular flexibility index (Phi) is 11.4. The average Bonchev–Trinajstić information content (AvgIpc) is 3.01. The summed E-state index contributed by atoms with van der Waals surface area (Å²) >= 11 is 11.8. The van der Waals surface area contributed by atoms with Crippen LogP contribution in [-0.4, -0.2) is 112 Å². The first-order chi connectivity index (χ1) is 22.5. The lowest BCUT2D eigenvalue weighted by Crippen LogP contribution is -2.64. The number of piperazine rings is 2. The quantitative estimate of drug-likeness (QED) is 0.236. The molecule has 0 bridgehead atoms. The van der Waals surface area contributed by atoms with Crippen LogP contribution in [0.5, 0.6) is 11.5 Å². The van der Waals surface area contributed by atoms with Gasteiger partial charge in [0.15, 0.2) is 24.7 Å². The molecule has 0 spiro atoms. The Morgan fingerprint density at radius 1 is 0.625 bits per heavy atom. The topological polar surface area (TPSA) is 152 Å². The molecule has 16 heteroatoms. The number of amides is 4. The molecule has 2 aliphatic rings. The Morgan fingerprint density at radius 2 is 0.917 bits per heavy atom. The van der Waals surface area contributed by atoms with Crippen molar-refractivity contribution in [1.29, 1.82) is 0 Å². The number of nitrogens with zero attached hydrogens (tertiary/aromatic N) is 4. The molecule has 258 valence electrons. The van der Waals surface area contributed by atoms with Gasteiger partial charge in [0.1, 0.15) is 11.5 Å². The van der Waals surface area contributed by atoms with Gasteiger partial charge in [-0.15, -0.1) is 0 Å². The highest BCUT2D eigenvalue weighted by molar-refractivity contribution is 6.30. The molecule has 0 atom stereocenters. The lowest BCUT2D eigenvalue weighted by molar-refractivity contribution is -0.173. The summed E-state index contributed by atoms with van der Waals surface area (Å²) in [6.07, 6.45) is -0.668. The van der Waals surface area contributed by atoms with Crippen LogP contribution in [0.15, 0.2) is 48.5 Å². The lowest BCUT2D eigenvalue weighted by atomic mass is 10.1. The van der Waals surface area contributed by atoms with Crippen molar-refractivity contribution >= 4 is 58.8 Å². The van der Waals surface area contributed by atoms with Crippen molar-refractivity contribution in [1.82, 2.24) is 19.6 Å². The predicted octanol–water partition coefficient (Wildman–Crippen LogP) is 2.70. The maximum absolute atomic E-state index is 12.9. The van der Waals surface area contributed by atoms with Crippen LogP contribution < -0.4 is 9.47 Å². The fourth-order valence-electron chi connectivity index (χ4n) is 4.75. The first-order valence-electron chi connectivity index (χ1n) is 14.8. The third-order valence-corrected chi connectivity index (χ3v) is 8.12. The summed E-state index contributed by atoms with van der Waals surface area (Å²) in [6, 6.07) is 12.7. The van der Waals surface area contributed by atoms with Crippen molar-refractivity contribution in [3.8, 4) is 11.5 Å². The van der Waals surface area contributed by atoms with Crippen LogP contribution >= 0.6 is 23.2 Å². The second kappa shape index (κ2) is 14.9. The maximum Gasteiger partial charge on any atom is 0.351 e. The summed E-state index contributed by atoms with van der Waals surface area (Å²) < 4.78 is 21.9. The molecule has 4 rings (SSSR count). The standard InChI is InChI=1S/C32H36Cl2N4O10/c1-20(35-14-25(39)37(26(40)15-35)18-45-29(43)31(2,3)47-23-10-6-21(33)7-11-23)36-16-27(41)38(28(42)17-36)19-46-30(44)32(4,5)48-24-12-8-22(34)9-13-24/h6-13,20H,14-19H2,1-5H3. The molecule has 2 aliphatic heterocycles. The monoisotopic (exact) mass is 706 g/mol. The van der Waals surface area contributed by atoms with Crippen LogP contribution in [0, 0.1) is 0 Å². The number of hydrogen-bond donors (Lipinski definition) is 0. The molecule has 2 saturated heterocycles. The molecular weight excluding hydrogens is 671 g/mol. The Morgan fingerprint density at radius 3 is 1.21 bits per heavy atom. The highest BCUT2D eigenvalue weighted by atomic mass is 35.5. The van der Waals surface area contributed by atoms with Crippen molar-refractivity contribution in [2.45, 2.75) is 52.0 Å². The van der Waals surface area contributed by atoms with Gasteiger partial charge in [-0.3, -0.25) is 29.0 Å². The van der Waals surface area contributed by atoms with Crippen molar-refractivity contribution in [2.75, 3.05) is 39.6 Å². The van der Waals surface area contributed by atoms with E-state index in [9.17, 15) is 28.8 Å². The van der Waals surface area contributed by atoms with Crippen molar-refractivity contribution in [2.24, 2.45) is 0 Å². The molecule has 48 heavy (non-hydrogen) atoms. The number of halogens is 2. The zero-order valence-electron chi connectivity index (χ0n) is 27.1. The molecule has 0 aromatic heterocycles. The minimum atomic E-state index is -1.43. The number of ether oxygens (including phenoxy) is 4. The zero-order valence-corrected chi connectivity index (χ0v) is 28.6. The number of rotatable bonds is 12. The number of imide groups is 2. The van der Waals surface area contributed by atoms with E-state index in [4.69, 9.17) is 42.1 Å². The van der Waals surface area contributed by atoms with Gasteiger partial charge in [-0.2, -0.15) is 0 Å². The van der Waals surface area contributed by atoms with Crippen LogP contribution in [0.4, 0.5) is 0 Å². The van der Waals surface area contributed by atoms with Crippen LogP contribution in [0.1, 0.15) is 34.6 Å². The maximum atomic E-state index is 12.9. The first-order valence-corrected chi connectivity index (χ1v) is 15.6.